The van der Waals surface area contributed by atoms with Gasteiger partial charge in [0.15, 0.2) is 0 Å². The van der Waals surface area contributed by atoms with Crippen LogP contribution in [0.25, 0.3) is 10.8 Å². The normalized spacial score (nSPS) is 12.8. The Labute approximate surface area is 123 Å². The highest BCUT2D eigenvalue weighted by Gasteiger charge is 2.20. The van der Waals surface area contributed by atoms with Crippen LogP contribution in [0.3, 0.4) is 0 Å². The van der Waals surface area contributed by atoms with Gasteiger partial charge in [-0.3, -0.25) is 0 Å². The van der Waals surface area contributed by atoms with E-state index in [2.05, 4.69) is 24.4 Å². The number of rotatable bonds is 3. The standard InChI is InChI=1S/C17H16ClNO/c1-11-9-10-20-17(11)16(19-2)14-7-8-15(18)13-6-4-3-5-12(13)14/h3-10,16,19H,1-2H3. The Balaban J connectivity index is 2.23. The summed E-state index contributed by atoms with van der Waals surface area (Å²) >= 11 is 6.29. The maximum atomic E-state index is 6.29. The van der Waals surface area contributed by atoms with E-state index in [0.29, 0.717) is 0 Å². The number of benzene rings is 2. The lowest BCUT2D eigenvalue weighted by Crippen LogP contribution is -2.18. The van der Waals surface area contributed by atoms with Gasteiger partial charge in [0, 0.05) is 10.4 Å². The van der Waals surface area contributed by atoms with E-state index < -0.39 is 0 Å². The molecule has 0 amide bonds. The van der Waals surface area contributed by atoms with Gasteiger partial charge >= 0.3 is 0 Å². The van der Waals surface area contributed by atoms with Gasteiger partial charge in [-0.25, -0.2) is 0 Å². The minimum Gasteiger partial charge on any atom is -0.467 e. The largest absolute Gasteiger partial charge is 0.467 e. The first kappa shape index (κ1) is 13.2. The molecule has 0 saturated carbocycles. The number of nitrogens with one attached hydrogen (secondary N) is 1. The van der Waals surface area contributed by atoms with Crippen molar-refractivity contribution in [3.8, 4) is 0 Å². The third kappa shape index (κ3) is 2.11. The first-order chi connectivity index (χ1) is 9.72. The lowest BCUT2D eigenvalue weighted by atomic mass is 9.96. The molecule has 1 unspecified atom stereocenters. The molecule has 3 aromatic rings. The van der Waals surface area contributed by atoms with Gasteiger partial charge in [-0.05, 0) is 42.6 Å². The van der Waals surface area contributed by atoms with Gasteiger partial charge in [0.05, 0.1) is 12.3 Å². The van der Waals surface area contributed by atoms with Gasteiger partial charge in [0.25, 0.3) is 0 Å². The van der Waals surface area contributed by atoms with E-state index in [9.17, 15) is 0 Å². The van der Waals surface area contributed by atoms with E-state index in [1.807, 2.05) is 37.4 Å². The zero-order chi connectivity index (χ0) is 14.1. The molecule has 3 rings (SSSR count). The molecule has 1 aromatic heterocycles. The first-order valence-corrected chi connectivity index (χ1v) is 6.98. The maximum absolute atomic E-state index is 6.29. The molecule has 2 aromatic carbocycles. The molecule has 0 aliphatic heterocycles. The Morgan fingerprint density at radius 3 is 2.45 bits per heavy atom. The van der Waals surface area contributed by atoms with Crippen molar-refractivity contribution in [3.63, 3.8) is 0 Å². The summed E-state index contributed by atoms with van der Waals surface area (Å²) in [5.41, 5.74) is 2.31. The molecular formula is C17H16ClNO. The van der Waals surface area contributed by atoms with E-state index in [-0.39, 0.29) is 6.04 Å². The van der Waals surface area contributed by atoms with Crippen molar-refractivity contribution in [1.82, 2.24) is 5.32 Å². The van der Waals surface area contributed by atoms with Crippen LogP contribution >= 0.6 is 11.6 Å². The molecular weight excluding hydrogens is 270 g/mol. The second-order valence-electron chi connectivity index (χ2n) is 4.87. The molecule has 0 spiro atoms. The predicted octanol–water partition coefficient (Wildman–Crippen LogP) is 4.70. The van der Waals surface area contributed by atoms with Gasteiger partial charge in [-0.2, -0.15) is 0 Å². The fourth-order valence-corrected chi connectivity index (χ4v) is 2.87. The molecule has 0 bridgehead atoms. The highest BCUT2D eigenvalue weighted by Crippen LogP contribution is 2.33. The van der Waals surface area contributed by atoms with E-state index in [0.717, 1.165) is 27.1 Å². The molecule has 1 heterocycles. The van der Waals surface area contributed by atoms with Crippen molar-refractivity contribution in [3.05, 3.63) is 70.6 Å². The molecule has 1 atom stereocenters. The smallest absolute Gasteiger partial charge is 0.128 e. The lowest BCUT2D eigenvalue weighted by Gasteiger charge is -2.18. The van der Waals surface area contributed by atoms with E-state index in [4.69, 9.17) is 16.0 Å². The number of hydrogen-bond donors (Lipinski definition) is 1. The van der Waals surface area contributed by atoms with Crippen molar-refractivity contribution in [2.75, 3.05) is 7.05 Å². The third-order valence-electron chi connectivity index (χ3n) is 3.67. The van der Waals surface area contributed by atoms with Crippen LogP contribution in [0.4, 0.5) is 0 Å². The summed E-state index contributed by atoms with van der Waals surface area (Å²) in [7, 11) is 1.94. The van der Waals surface area contributed by atoms with E-state index in [1.165, 1.54) is 5.56 Å². The number of furan rings is 1. The molecule has 3 heteroatoms. The van der Waals surface area contributed by atoms with Gasteiger partial charge in [0.1, 0.15) is 5.76 Å². The predicted molar refractivity (Wildman–Crippen MR) is 83.3 cm³/mol. The number of aryl methyl sites for hydroxylation is 1. The minimum atomic E-state index is 0.0205. The summed E-state index contributed by atoms with van der Waals surface area (Å²) in [5.74, 6) is 0.944. The molecule has 0 aliphatic rings. The SMILES string of the molecule is CNC(c1occc1C)c1ccc(Cl)c2ccccc12. The molecule has 1 N–H and O–H groups in total. The highest BCUT2D eigenvalue weighted by atomic mass is 35.5. The van der Waals surface area contributed by atoms with Crippen molar-refractivity contribution in [2.24, 2.45) is 0 Å². The zero-order valence-electron chi connectivity index (χ0n) is 11.5. The van der Waals surface area contributed by atoms with Crippen molar-refractivity contribution in [1.29, 1.82) is 0 Å². The Morgan fingerprint density at radius 1 is 1.05 bits per heavy atom. The quantitative estimate of drug-likeness (QED) is 0.754. The van der Waals surface area contributed by atoms with Crippen LogP contribution in [0, 0.1) is 6.92 Å². The summed E-state index contributed by atoms with van der Waals surface area (Å²) in [6.07, 6.45) is 1.73. The van der Waals surface area contributed by atoms with Gasteiger partial charge in [-0.1, -0.05) is 41.9 Å². The van der Waals surface area contributed by atoms with Crippen molar-refractivity contribution in [2.45, 2.75) is 13.0 Å². The van der Waals surface area contributed by atoms with Crippen LogP contribution in [-0.4, -0.2) is 7.05 Å². The van der Waals surface area contributed by atoms with Crippen LogP contribution in [0.2, 0.25) is 5.02 Å². The second-order valence-corrected chi connectivity index (χ2v) is 5.28. The van der Waals surface area contributed by atoms with Crippen LogP contribution < -0.4 is 5.32 Å². The number of halogens is 1. The second kappa shape index (κ2) is 5.31. The number of fused-ring (bicyclic) bond motifs is 1. The summed E-state index contributed by atoms with van der Waals surface area (Å²) in [6.45, 7) is 2.06. The summed E-state index contributed by atoms with van der Waals surface area (Å²) in [6, 6.07) is 14.2. The minimum absolute atomic E-state index is 0.0205. The lowest BCUT2D eigenvalue weighted by molar-refractivity contribution is 0.461. The molecule has 0 fully saturated rings. The monoisotopic (exact) mass is 285 g/mol. The average Bonchev–Trinajstić information content (AvgIpc) is 2.89. The molecule has 0 saturated heterocycles. The topological polar surface area (TPSA) is 25.2 Å². The van der Waals surface area contributed by atoms with Gasteiger partial charge in [-0.15, -0.1) is 0 Å². The van der Waals surface area contributed by atoms with Crippen LogP contribution in [0.15, 0.2) is 53.1 Å². The summed E-state index contributed by atoms with van der Waals surface area (Å²) in [4.78, 5) is 0. The summed E-state index contributed by atoms with van der Waals surface area (Å²) in [5, 5.41) is 6.32. The van der Waals surface area contributed by atoms with Crippen LogP contribution in [0.5, 0.6) is 0 Å². The molecule has 20 heavy (non-hydrogen) atoms. The molecule has 0 aliphatic carbocycles. The molecule has 102 valence electrons. The first-order valence-electron chi connectivity index (χ1n) is 6.60. The van der Waals surface area contributed by atoms with E-state index in [1.54, 1.807) is 6.26 Å². The highest BCUT2D eigenvalue weighted by molar-refractivity contribution is 6.35. The van der Waals surface area contributed by atoms with Crippen LogP contribution in [-0.2, 0) is 0 Å². The van der Waals surface area contributed by atoms with Crippen molar-refractivity contribution >= 4 is 22.4 Å². The Hall–Kier alpha value is -1.77. The fraction of sp³-hybridized carbons (Fsp3) is 0.176. The zero-order valence-corrected chi connectivity index (χ0v) is 12.2. The molecule has 2 nitrogen and oxygen atoms in total. The molecule has 0 radical (unpaired) electrons. The van der Waals surface area contributed by atoms with Gasteiger partial charge in [0.2, 0.25) is 0 Å². The third-order valence-corrected chi connectivity index (χ3v) is 4.00. The Bertz CT molecular complexity index is 748. The fourth-order valence-electron chi connectivity index (χ4n) is 2.65. The maximum Gasteiger partial charge on any atom is 0.128 e. The summed E-state index contributed by atoms with van der Waals surface area (Å²) < 4.78 is 5.66. The Kier molecular flexibility index (Phi) is 3.51. The number of hydrogen-bond acceptors (Lipinski definition) is 2. The van der Waals surface area contributed by atoms with E-state index >= 15 is 0 Å². The average molecular weight is 286 g/mol. The Morgan fingerprint density at radius 2 is 1.80 bits per heavy atom. The van der Waals surface area contributed by atoms with Crippen molar-refractivity contribution < 1.29 is 4.42 Å². The van der Waals surface area contributed by atoms with Crippen LogP contribution in [0.1, 0.15) is 22.9 Å². The van der Waals surface area contributed by atoms with Gasteiger partial charge < -0.3 is 9.73 Å².